The number of fused-ring (bicyclic) bond motifs is 5. The number of allylic oxidation sites excluding steroid dienone is 4. The number of rotatable bonds is 0. The Kier molecular flexibility index (Phi) is 2.97. The third-order valence-electron chi connectivity index (χ3n) is 7.59. The molecule has 2 saturated carbocycles. The van der Waals surface area contributed by atoms with Gasteiger partial charge in [-0.1, -0.05) is 38.2 Å². The molecule has 0 radical (unpaired) electrons. The standard InChI is InChI=1S/C19H28O2/c1-18-9-4-3-5-12(18)6-7-13-14(18)8-10-19(2)15(13)11-16(20)17(19)21/h4,6-7,9,12-17,20-21H,3,5,8,10-11H2,1-2H3/t12?,13-,14+,15+,16+,17-,18+,19+/m1/s1. The highest BCUT2D eigenvalue weighted by molar-refractivity contribution is 5.23. The minimum atomic E-state index is -0.538. The quantitative estimate of drug-likeness (QED) is 0.671. The van der Waals surface area contributed by atoms with Crippen molar-refractivity contribution >= 4 is 0 Å². The molecule has 8 atom stereocenters. The second kappa shape index (κ2) is 4.45. The maximum Gasteiger partial charge on any atom is 0.0855 e. The zero-order valence-corrected chi connectivity index (χ0v) is 13.2. The SMILES string of the molecule is C[C@]12CC[C@H]3[C@@H](C=CC4CCC=C[C@@]43C)[C@@H]1C[C@H](O)[C@H]2O. The van der Waals surface area contributed by atoms with Crippen molar-refractivity contribution in [1.82, 2.24) is 0 Å². The van der Waals surface area contributed by atoms with Crippen molar-refractivity contribution in [1.29, 1.82) is 0 Å². The highest BCUT2D eigenvalue weighted by Gasteiger charge is 2.60. The zero-order valence-electron chi connectivity index (χ0n) is 13.2. The summed E-state index contributed by atoms with van der Waals surface area (Å²) in [6.07, 6.45) is 14.2. The van der Waals surface area contributed by atoms with Crippen molar-refractivity contribution in [2.75, 3.05) is 0 Å². The van der Waals surface area contributed by atoms with Gasteiger partial charge in [0.1, 0.15) is 0 Å². The summed E-state index contributed by atoms with van der Waals surface area (Å²) in [6, 6.07) is 0. The third-order valence-corrected chi connectivity index (χ3v) is 7.59. The molecule has 0 aromatic carbocycles. The summed E-state index contributed by atoms with van der Waals surface area (Å²) in [4.78, 5) is 0. The second-order valence-corrected chi connectivity index (χ2v) is 8.42. The van der Waals surface area contributed by atoms with E-state index < -0.39 is 12.2 Å². The fraction of sp³-hybridized carbons (Fsp3) is 0.789. The minimum Gasteiger partial charge on any atom is -0.390 e. The van der Waals surface area contributed by atoms with E-state index in [0.29, 0.717) is 23.7 Å². The lowest BCUT2D eigenvalue weighted by molar-refractivity contribution is -0.0700. The van der Waals surface area contributed by atoms with Gasteiger partial charge in [-0.2, -0.15) is 0 Å². The first-order valence-electron chi connectivity index (χ1n) is 8.69. The van der Waals surface area contributed by atoms with E-state index >= 15 is 0 Å². The first kappa shape index (κ1) is 14.0. The van der Waals surface area contributed by atoms with Gasteiger partial charge in [-0.25, -0.2) is 0 Å². The van der Waals surface area contributed by atoms with Gasteiger partial charge in [0.15, 0.2) is 0 Å². The molecule has 0 bridgehead atoms. The molecule has 116 valence electrons. The van der Waals surface area contributed by atoms with E-state index in [4.69, 9.17) is 0 Å². The Labute approximate surface area is 127 Å². The summed E-state index contributed by atoms with van der Waals surface area (Å²) in [5.41, 5.74) is 0.198. The van der Waals surface area contributed by atoms with Gasteiger partial charge in [0.2, 0.25) is 0 Å². The predicted octanol–water partition coefficient (Wildman–Crippen LogP) is 3.30. The van der Waals surface area contributed by atoms with Gasteiger partial charge in [-0.15, -0.1) is 0 Å². The van der Waals surface area contributed by atoms with Crippen LogP contribution >= 0.6 is 0 Å². The summed E-state index contributed by atoms with van der Waals surface area (Å²) in [5.74, 6) is 2.33. The molecule has 2 N–H and O–H groups in total. The van der Waals surface area contributed by atoms with Crippen LogP contribution < -0.4 is 0 Å². The molecule has 4 aliphatic carbocycles. The number of hydrogen-bond acceptors (Lipinski definition) is 2. The number of aliphatic hydroxyl groups is 2. The number of hydrogen-bond donors (Lipinski definition) is 2. The van der Waals surface area contributed by atoms with Crippen molar-refractivity contribution in [3.05, 3.63) is 24.3 Å². The molecule has 0 aromatic rings. The fourth-order valence-corrected chi connectivity index (χ4v) is 6.19. The molecule has 2 fully saturated rings. The summed E-state index contributed by atoms with van der Waals surface area (Å²) in [6.45, 7) is 4.65. The Morgan fingerprint density at radius 3 is 2.67 bits per heavy atom. The van der Waals surface area contributed by atoms with Crippen LogP contribution in [0.15, 0.2) is 24.3 Å². The van der Waals surface area contributed by atoms with Gasteiger partial charge >= 0.3 is 0 Å². The van der Waals surface area contributed by atoms with Crippen LogP contribution in [0.4, 0.5) is 0 Å². The Balaban J connectivity index is 1.73. The second-order valence-electron chi connectivity index (χ2n) is 8.42. The van der Waals surface area contributed by atoms with Crippen LogP contribution in [0, 0.1) is 34.5 Å². The van der Waals surface area contributed by atoms with Crippen molar-refractivity contribution in [3.63, 3.8) is 0 Å². The average Bonchev–Trinajstić information content (AvgIpc) is 2.70. The highest BCUT2D eigenvalue weighted by atomic mass is 16.3. The zero-order chi connectivity index (χ0) is 14.8. The van der Waals surface area contributed by atoms with E-state index in [-0.39, 0.29) is 10.8 Å². The van der Waals surface area contributed by atoms with Gasteiger partial charge in [0, 0.05) is 0 Å². The van der Waals surface area contributed by atoms with Crippen molar-refractivity contribution in [3.8, 4) is 0 Å². The topological polar surface area (TPSA) is 40.5 Å². The molecular formula is C19H28O2. The Bertz CT molecular complexity index is 496. The molecule has 1 unspecified atom stereocenters. The summed E-state index contributed by atoms with van der Waals surface area (Å²) in [7, 11) is 0. The van der Waals surface area contributed by atoms with Crippen molar-refractivity contribution in [2.45, 2.75) is 58.2 Å². The van der Waals surface area contributed by atoms with E-state index in [1.165, 1.54) is 19.3 Å². The summed E-state index contributed by atoms with van der Waals surface area (Å²) >= 11 is 0. The fourth-order valence-electron chi connectivity index (χ4n) is 6.19. The maximum atomic E-state index is 10.5. The molecule has 4 aliphatic rings. The highest BCUT2D eigenvalue weighted by Crippen LogP contribution is 2.63. The average molecular weight is 288 g/mol. The lowest BCUT2D eigenvalue weighted by Gasteiger charge is -2.56. The van der Waals surface area contributed by atoms with Crippen LogP contribution in [0.1, 0.15) is 46.0 Å². The van der Waals surface area contributed by atoms with Gasteiger partial charge < -0.3 is 10.2 Å². The molecule has 2 nitrogen and oxygen atoms in total. The lowest BCUT2D eigenvalue weighted by atomic mass is 9.48. The van der Waals surface area contributed by atoms with E-state index in [0.717, 1.165) is 12.8 Å². The summed E-state index contributed by atoms with van der Waals surface area (Å²) in [5, 5.41) is 20.6. The van der Waals surface area contributed by atoms with E-state index in [1.54, 1.807) is 0 Å². The van der Waals surface area contributed by atoms with Crippen LogP contribution in [0.25, 0.3) is 0 Å². The molecule has 2 heteroatoms. The minimum absolute atomic E-state index is 0.0908. The van der Waals surface area contributed by atoms with E-state index in [1.807, 2.05) is 0 Å². The summed E-state index contributed by atoms with van der Waals surface area (Å²) < 4.78 is 0. The van der Waals surface area contributed by atoms with Crippen LogP contribution in [-0.4, -0.2) is 22.4 Å². The lowest BCUT2D eigenvalue weighted by Crippen LogP contribution is -2.50. The van der Waals surface area contributed by atoms with Gasteiger partial charge in [0.05, 0.1) is 12.2 Å². The largest absolute Gasteiger partial charge is 0.390 e. The number of aliphatic hydroxyl groups excluding tert-OH is 2. The monoisotopic (exact) mass is 288 g/mol. The van der Waals surface area contributed by atoms with Crippen molar-refractivity contribution < 1.29 is 10.2 Å². The van der Waals surface area contributed by atoms with Crippen LogP contribution in [-0.2, 0) is 0 Å². The van der Waals surface area contributed by atoms with E-state index in [9.17, 15) is 10.2 Å². The van der Waals surface area contributed by atoms with Gasteiger partial charge in [-0.05, 0) is 66.6 Å². The molecule has 21 heavy (non-hydrogen) atoms. The van der Waals surface area contributed by atoms with Crippen molar-refractivity contribution in [2.24, 2.45) is 34.5 Å². The Morgan fingerprint density at radius 2 is 1.86 bits per heavy atom. The molecule has 0 aliphatic heterocycles. The normalized spacial score (nSPS) is 58.5. The Morgan fingerprint density at radius 1 is 1.05 bits per heavy atom. The molecular weight excluding hydrogens is 260 g/mol. The maximum absolute atomic E-state index is 10.5. The first-order chi connectivity index (χ1) is 9.97. The predicted molar refractivity (Wildman–Crippen MR) is 83.6 cm³/mol. The van der Waals surface area contributed by atoms with Crippen LogP contribution in [0.5, 0.6) is 0 Å². The van der Waals surface area contributed by atoms with Crippen LogP contribution in [0.2, 0.25) is 0 Å². The Hall–Kier alpha value is -0.600. The first-order valence-corrected chi connectivity index (χ1v) is 8.69. The van der Waals surface area contributed by atoms with Gasteiger partial charge in [0.25, 0.3) is 0 Å². The molecule has 0 amide bonds. The smallest absolute Gasteiger partial charge is 0.0855 e. The van der Waals surface area contributed by atoms with Gasteiger partial charge in [-0.3, -0.25) is 0 Å². The molecule has 0 heterocycles. The molecule has 0 saturated heterocycles. The third kappa shape index (κ3) is 1.72. The molecule has 4 rings (SSSR count). The molecule has 0 aromatic heterocycles. The van der Waals surface area contributed by atoms with E-state index in [2.05, 4.69) is 38.2 Å². The molecule has 0 spiro atoms. The van der Waals surface area contributed by atoms with Crippen LogP contribution in [0.3, 0.4) is 0 Å².